The average molecular weight is 313 g/mol. The fourth-order valence-corrected chi connectivity index (χ4v) is 2.37. The molecule has 0 radical (unpaired) electrons. The highest BCUT2D eigenvalue weighted by atomic mass is 19.1. The third-order valence-corrected chi connectivity index (χ3v) is 3.85. The zero-order valence-corrected chi connectivity index (χ0v) is 12.6. The van der Waals surface area contributed by atoms with Crippen molar-refractivity contribution in [3.05, 3.63) is 53.0 Å². The van der Waals surface area contributed by atoms with Gasteiger partial charge in [0.05, 0.1) is 11.3 Å². The average Bonchev–Trinajstić information content (AvgIpc) is 3.33. The van der Waals surface area contributed by atoms with Gasteiger partial charge in [0.25, 0.3) is 11.8 Å². The number of carbonyl (C=O) groups excluding carboxylic acids is 2. The minimum atomic E-state index is -0.652. The molecule has 3 N–H and O–H groups in total. The number of nitrogens with zero attached hydrogens (tertiary/aromatic N) is 1. The lowest BCUT2D eigenvalue weighted by Crippen LogP contribution is -2.25. The Balaban J connectivity index is 2.10. The van der Waals surface area contributed by atoms with E-state index in [4.69, 9.17) is 5.73 Å². The molecule has 1 aromatic carbocycles. The summed E-state index contributed by atoms with van der Waals surface area (Å²) in [5.41, 5.74) is 6.73. The van der Waals surface area contributed by atoms with Gasteiger partial charge < -0.3 is 11.1 Å². The van der Waals surface area contributed by atoms with Gasteiger partial charge in [0.15, 0.2) is 0 Å². The standard InChI is InChI=1S/C17H16FN3O2/c1-9-13(15-12(16(19)22)3-2-6-20-15)7-10(8-14(9)18)17(23)21-11-4-5-11/h2-3,6-8,11H,4-5H2,1H3,(H2,19,22)(H,21,23). The highest BCUT2D eigenvalue weighted by Gasteiger charge is 2.25. The zero-order chi connectivity index (χ0) is 16.6. The first-order valence-electron chi connectivity index (χ1n) is 7.33. The number of nitrogens with one attached hydrogen (secondary N) is 1. The molecule has 0 aliphatic heterocycles. The van der Waals surface area contributed by atoms with Crippen LogP contribution in [0.15, 0.2) is 30.5 Å². The van der Waals surface area contributed by atoms with E-state index in [-0.39, 0.29) is 28.8 Å². The van der Waals surface area contributed by atoms with Crippen LogP contribution in [0.3, 0.4) is 0 Å². The van der Waals surface area contributed by atoms with E-state index in [0.29, 0.717) is 11.1 Å². The molecular weight excluding hydrogens is 297 g/mol. The highest BCUT2D eigenvalue weighted by molar-refractivity contribution is 6.00. The van der Waals surface area contributed by atoms with E-state index in [1.165, 1.54) is 18.3 Å². The zero-order valence-electron chi connectivity index (χ0n) is 12.6. The van der Waals surface area contributed by atoms with Crippen LogP contribution in [0, 0.1) is 12.7 Å². The van der Waals surface area contributed by atoms with Gasteiger partial charge in [-0.2, -0.15) is 0 Å². The summed E-state index contributed by atoms with van der Waals surface area (Å²) in [6.45, 7) is 1.58. The molecular formula is C17H16FN3O2. The summed E-state index contributed by atoms with van der Waals surface area (Å²) < 4.78 is 14.2. The summed E-state index contributed by atoms with van der Waals surface area (Å²) in [4.78, 5) is 27.9. The predicted molar refractivity (Wildman–Crippen MR) is 83.4 cm³/mol. The summed E-state index contributed by atoms with van der Waals surface area (Å²) in [7, 11) is 0. The molecule has 5 nitrogen and oxygen atoms in total. The second-order valence-electron chi connectivity index (χ2n) is 5.64. The molecule has 0 bridgehead atoms. The van der Waals surface area contributed by atoms with Crippen molar-refractivity contribution >= 4 is 11.8 Å². The van der Waals surface area contributed by atoms with E-state index in [1.807, 2.05) is 0 Å². The first-order chi connectivity index (χ1) is 11.0. The monoisotopic (exact) mass is 313 g/mol. The Kier molecular flexibility index (Phi) is 3.82. The lowest BCUT2D eigenvalue weighted by Gasteiger charge is -2.12. The van der Waals surface area contributed by atoms with E-state index in [0.717, 1.165) is 12.8 Å². The van der Waals surface area contributed by atoms with Crippen molar-refractivity contribution in [3.8, 4) is 11.3 Å². The molecule has 1 aliphatic rings. The molecule has 23 heavy (non-hydrogen) atoms. The third kappa shape index (κ3) is 3.06. The number of amides is 2. The molecule has 0 saturated heterocycles. The van der Waals surface area contributed by atoms with Crippen molar-refractivity contribution in [1.82, 2.24) is 10.3 Å². The Morgan fingerprint density at radius 2 is 2.09 bits per heavy atom. The quantitative estimate of drug-likeness (QED) is 0.907. The van der Waals surface area contributed by atoms with Crippen LogP contribution in [0.5, 0.6) is 0 Å². The maximum absolute atomic E-state index is 14.2. The van der Waals surface area contributed by atoms with Gasteiger partial charge in [0.1, 0.15) is 5.82 Å². The number of hydrogen-bond donors (Lipinski definition) is 2. The molecule has 0 unspecified atom stereocenters. The van der Waals surface area contributed by atoms with E-state index < -0.39 is 11.7 Å². The predicted octanol–water partition coefficient (Wildman–Crippen LogP) is 2.19. The maximum Gasteiger partial charge on any atom is 0.251 e. The van der Waals surface area contributed by atoms with Crippen LogP contribution in [-0.4, -0.2) is 22.8 Å². The Bertz CT molecular complexity index is 800. The molecule has 1 aromatic heterocycles. The van der Waals surface area contributed by atoms with Gasteiger partial charge >= 0.3 is 0 Å². The molecule has 2 aromatic rings. The Morgan fingerprint density at radius 1 is 1.35 bits per heavy atom. The smallest absolute Gasteiger partial charge is 0.251 e. The Hall–Kier alpha value is -2.76. The second-order valence-corrected chi connectivity index (χ2v) is 5.64. The van der Waals surface area contributed by atoms with E-state index >= 15 is 0 Å². The lowest BCUT2D eigenvalue weighted by molar-refractivity contribution is 0.0949. The Labute approximate surface area is 132 Å². The Morgan fingerprint density at radius 3 is 2.74 bits per heavy atom. The fraction of sp³-hybridized carbons (Fsp3) is 0.235. The van der Waals surface area contributed by atoms with Gasteiger partial charge in [-0.05, 0) is 49.6 Å². The van der Waals surface area contributed by atoms with Gasteiger partial charge in [-0.1, -0.05) is 0 Å². The molecule has 1 aliphatic carbocycles. The fourth-order valence-electron chi connectivity index (χ4n) is 2.37. The number of benzene rings is 1. The van der Waals surface area contributed by atoms with Crippen LogP contribution in [0.25, 0.3) is 11.3 Å². The largest absolute Gasteiger partial charge is 0.366 e. The summed E-state index contributed by atoms with van der Waals surface area (Å²) in [5.74, 6) is -1.51. The van der Waals surface area contributed by atoms with E-state index in [2.05, 4.69) is 10.3 Å². The topological polar surface area (TPSA) is 85.1 Å². The van der Waals surface area contributed by atoms with Crippen LogP contribution >= 0.6 is 0 Å². The maximum atomic E-state index is 14.2. The van der Waals surface area contributed by atoms with Crippen LogP contribution in [0.4, 0.5) is 4.39 Å². The molecule has 0 spiro atoms. The van der Waals surface area contributed by atoms with Gasteiger partial charge in [-0.15, -0.1) is 0 Å². The molecule has 2 amide bonds. The van der Waals surface area contributed by atoms with E-state index in [9.17, 15) is 14.0 Å². The number of aromatic nitrogens is 1. The van der Waals surface area contributed by atoms with Crippen molar-refractivity contribution < 1.29 is 14.0 Å². The number of halogens is 1. The van der Waals surface area contributed by atoms with Gasteiger partial charge in [0.2, 0.25) is 0 Å². The molecule has 6 heteroatoms. The molecule has 1 heterocycles. The van der Waals surface area contributed by atoms with Crippen molar-refractivity contribution in [3.63, 3.8) is 0 Å². The highest BCUT2D eigenvalue weighted by Crippen LogP contribution is 2.28. The number of rotatable bonds is 4. The van der Waals surface area contributed by atoms with Gasteiger partial charge in [-0.3, -0.25) is 14.6 Å². The van der Waals surface area contributed by atoms with Gasteiger partial charge in [0, 0.05) is 23.4 Å². The minimum absolute atomic E-state index is 0.173. The molecule has 0 atom stereocenters. The lowest BCUT2D eigenvalue weighted by atomic mass is 9.97. The molecule has 118 valence electrons. The van der Waals surface area contributed by atoms with Crippen LogP contribution in [-0.2, 0) is 0 Å². The summed E-state index contributed by atoms with van der Waals surface area (Å²) in [6, 6.07) is 6.03. The first kappa shape index (κ1) is 15.1. The minimum Gasteiger partial charge on any atom is -0.366 e. The normalized spacial score (nSPS) is 13.7. The molecule has 1 fully saturated rings. The van der Waals surface area contributed by atoms with Crippen molar-refractivity contribution in [2.24, 2.45) is 5.73 Å². The summed E-state index contributed by atoms with van der Waals surface area (Å²) in [5, 5.41) is 2.82. The second kappa shape index (κ2) is 5.79. The van der Waals surface area contributed by atoms with Gasteiger partial charge in [-0.25, -0.2) is 4.39 Å². The number of carbonyl (C=O) groups is 2. The molecule has 1 saturated carbocycles. The van der Waals surface area contributed by atoms with E-state index in [1.54, 1.807) is 19.1 Å². The van der Waals surface area contributed by atoms with Crippen LogP contribution in [0.2, 0.25) is 0 Å². The number of pyridine rings is 1. The van der Waals surface area contributed by atoms with Crippen LogP contribution < -0.4 is 11.1 Å². The van der Waals surface area contributed by atoms with Crippen molar-refractivity contribution in [1.29, 1.82) is 0 Å². The van der Waals surface area contributed by atoms with Crippen molar-refractivity contribution in [2.45, 2.75) is 25.8 Å². The first-order valence-corrected chi connectivity index (χ1v) is 7.33. The molecule has 3 rings (SSSR count). The SMILES string of the molecule is Cc1c(F)cc(C(=O)NC2CC2)cc1-c1ncccc1C(N)=O. The van der Waals surface area contributed by atoms with Crippen LogP contribution in [0.1, 0.15) is 39.1 Å². The number of primary amides is 1. The summed E-state index contributed by atoms with van der Waals surface area (Å²) in [6.07, 6.45) is 3.38. The number of nitrogens with two attached hydrogens (primary N) is 1. The third-order valence-electron chi connectivity index (χ3n) is 3.85. The number of hydrogen-bond acceptors (Lipinski definition) is 3. The summed E-state index contributed by atoms with van der Waals surface area (Å²) >= 11 is 0. The van der Waals surface area contributed by atoms with Crippen molar-refractivity contribution in [2.75, 3.05) is 0 Å².